The normalized spacial score (nSPS) is 49.3. The molecule has 0 aromatic heterocycles. The van der Waals surface area contributed by atoms with Gasteiger partial charge in [0.1, 0.15) is 0 Å². The number of Topliss-reactive ketones (excluding diaryl/α,β-unsaturated/α-hetero) is 1. The molecule has 74 valence electrons. The molecule has 14 heavy (non-hydrogen) atoms. The van der Waals surface area contributed by atoms with E-state index in [1.807, 2.05) is 19.9 Å². The topological polar surface area (TPSA) is 43.4 Å². The van der Waals surface area contributed by atoms with Crippen molar-refractivity contribution >= 4 is 11.8 Å². The highest BCUT2D eigenvalue weighted by Gasteiger charge is 2.64. The monoisotopic (exact) mass is 192 g/mol. The largest absolute Gasteiger partial charge is 0.454 e. The maximum absolute atomic E-state index is 11.5. The first kappa shape index (κ1) is 8.21. The third kappa shape index (κ3) is 0.703. The summed E-state index contributed by atoms with van der Waals surface area (Å²) in [4.78, 5) is 23.1. The molecule has 0 amide bonds. The summed E-state index contributed by atoms with van der Waals surface area (Å²) in [6, 6.07) is 0. The summed E-state index contributed by atoms with van der Waals surface area (Å²) in [5.74, 6) is 0.212. The van der Waals surface area contributed by atoms with E-state index in [0.29, 0.717) is 0 Å². The molecule has 3 rings (SSSR count). The highest BCUT2D eigenvalue weighted by molar-refractivity contribution is 6.00. The Labute approximate surface area is 82.1 Å². The van der Waals surface area contributed by atoms with Gasteiger partial charge in [-0.2, -0.15) is 0 Å². The molecule has 1 heterocycles. The number of rotatable bonds is 0. The van der Waals surface area contributed by atoms with Crippen molar-refractivity contribution in [3.63, 3.8) is 0 Å². The minimum Gasteiger partial charge on any atom is -0.454 e. The van der Waals surface area contributed by atoms with Gasteiger partial charge in [-0.3, -0.25) is 9.59 Å². The lowest BCUT2D eigenvalue weighted by atomic mass is 9.58. The highest BCUT2D eigenvalue weighted by Crippen LogP contribution is 2.52. The summed E-state index contributed by atoms with van der Waals surface area (Å²) < 4.78 is 5.08. The Hall–Kier alpha value is -1.12. The molecule has 0 aromatic carbocycles. The molecule has 0 bridgehead atoms. The van der Waals surface area contributed by atoms with Crippen molar-refractivity contribution < 1.29 is 14.3 Å². The maximum atomic E-state index is 11.5. The van der Waals surface area contributed by atoms with Crippen molar-refractivity contribution in [3.05, 3.63) is 11.6 Å². The number of ketones is 1. The van der Waals surface area contributed by atoms with Crippen LogP contribution in [0.4, 0.5) is 0 Å². The van der Waals surface area contributed by atoms with Gasteiger partial charge in [0.15, 0.2) is 11.9 Å². The molecule has 1 saturated heterocycles. The van der Waals surface area contributed by atoms with Crippen LogP contribution in [0.3, 0.4) is 0 Å². The van der Waals surface area contributed by atoms with Gasteiger partial charge >= 0.3 is 5.97 Å². The number of hydrogen-bond donors (Lipinski definition) is 0. The van der Waals surface area contributed by atoms with Crippen molar-refractivity contribution in [2.75, 3.05) is 0 Å². The van der Waals surface area contributed by atoms with E-state index in [-0.39, 0.29) is 35.4 Å². The molecule has 0 spiro atoms. The average Bonchev–Trinajstić information content (AvgIpc) is 2.48. The van der Waals surface area contributed by atoms with Gasteiger partial charge in [0.05, 0.1) is 5.92 Å². The second kappa shape index (κ2) is 2.27. The van der Waals surface area contributed by atoms with Crippen LogP contribution in [0.2, 0.25) is 0 Å². The molecular formula is C11H12O3. The molecular weight excluding hydrogens is 180 g/mol. The van der Waals surface area contributed by atoms with Gasteiger partial charge in [-0.25, -0.2) is 0 Å². The lowest BCUT2D eigenvalue weighted by Gasteiger charge is -2.41. The summed E-state index contributed by atoms with van der Waals surface area (Å²) in [5.41, 5.74) is 1.15. The summed E-state index contributed by atoms with van der Waals surface area (Å²) in [6.45, 7) is 4.03. The predicted octanol–water partition coefficient (Wildman–Crippen LogP) is 0.939. The van der Waals surface area contributed by atoms with Crippen LogP contribution in [0.15, 0.2) is 11.6 Å². The van der Waals surface area contributed by atoms with Gasteiger partial charge in [0, 0.05) is 11.8 Å². The van der Waals surface area contributed by atoms with E-state index in [2.05, 4.69) is 0 Å². The first-order chi connectivity index (χ1) is 6.61. The van der Waals surface area contributed by atoms with Crippen molar-refractivity contribution in [2.45, 2.75) is 20.0 Å². The lowest BCUT2D eigenvalue weighted by molar-refractivity contribution is -0.155. The van der Waals surface area contributed by atoms with Gasteiger partial charge in [-0.05, 0) is 12.8 Å². The minimum atomic E-state index is -0.413. The fraction of sp³-hybridized carbons (Fsp3) is 0.636. The Morgan fingerprint density at radius 2 is 2.07 bits per heavy atom. The summed E-state index contributed by atoms with van der Waals surface area (Å²) >= 11 is 0. The van der Waals surface area contributed by atoms with Crippen molar-refractivity contribution in [2.24, 2.45) is 23.7 Å². The molecule has 2 fully saturated rings. The fourth-order valence-corrected chi connectivity index (χ4v) is 3.00. The summed E-state index contributed by atoms with van der Waals surface area (Å²) in [7, 11) is 0. The second-order valence-electron chi connectivity index (χ2n) is 4.59. The van der Waals surface area contributed by atoms with E-state index in [4.69, 9.17) is 4.74 Å². The zero-order valence-corrected chi connectivity index (χ0v) is 8.19. The number of ether oxygens (including phenoxy) is 1. The summed E-state index contributed by atoms with van der Waals surface area (Å²) in [5, 5.41) is 0. The highest BCUT2D eigenvalue weighted by atomic mass is 16.6. The predicted molar refractivity (Wildman–Crippen MR) is 48.3 cm³/mol. The first-order valence-corrected chi connectivity index (χ1v) is 5.04. The van der Waals surface area contributed by atoms with Crippen molar-refractivity contribution in [1.29, 1.82) is 0 Å². The van der Waals surface area contributed by atoms with Crippen LogP contribution in [0.25, 0.3) is 0 Å². The summed E-state index contributed by atoms with van der Waals surface area (Å²) in [6.07, 6.45) is 1.61. The van der Waals surface area contributed by atoms with E-state index < -0.39 is 6.10 Å². The number of hydrogen-bond acceptors (Lipinski definition) is 3. The van der Waals surface area contributed by atoms with Gasteiger partial charge in [0.25, 0.3) is 0 Å². The van der Waals surface area contributed by atoms with Gasteiger partial charge in [-0.15, -0.1) is 0 Å². The SMILES string of the molecule is CC1=C[C@H]2C(=O)[C@H]3OC(=O)[C@H]([C@H]32)[C@@H]1C. The van der Waals surface area contributed by atoms with Crippen LogP contribution in [-0.4, -0.2) is 17.9 Å². The zero-order chi connectivity index (χ0) is 10.0. The maximum Gasteiger partial charge on any atom is 0.310 e. The van der Waals surface area contributed by atoms with Crippen molar-refractivity contribution in [3.8, 4) is 0 Å². The molecule has 0 radical (unpaired) electrons. The number of allylic oxidation sites excluding steroid dienone is 2. The van der Waals surface area contributed by atoms with Crippen LogP contribution >= 0.6 is 0 Å². The Morgan fingerprint density at radius 1 is 1.36 bits per heavy atom. The first-order valence-electron chi connectivity index (χ1n) is 5.04. The molecule has 0 N–H and O–H groups in total. The van der Waals surface area contributed by atoms with Gasteiger partial charge in [-0.1, -0.05) is 18.6 Å². The number of carbonyl (C=O) groups is 2. The third-order valence-electron chi connectivity index (χ3n) is 4.00. The van der Waals surface area contributed by atoms with Crippen LogP contribution in [-0.2, 0) is 14.3 Å². The van der Waals surface area contributed by atoms with Gasteiger partial charge < -0.3 is 4.74 Å². The van der Waals surface area contributed by atoms with E-state index in [1.165, 1.54) is 0 Å². The second-order valence-corrected chi connectivity index (χ2v) is 4.59. The Balaban J connectivity index is 2.08. The molecule has 1 aliphatic heterocycles. The molecule has 3 aliphatic rings. The molecule has 2 aliphatic carbocycles. The van der Waals surface area contributed by atoms with Crippen LogP contribution in [0.1, 0.15) is 13.8 Å². The fourth-order valence-electron chi connectivity index (χ4n) is 3.00. The number of esters is 1. The van der Waals surface area contributed by atoms with Crippen molar-refractivity contribution in [1.82, 2.24) is 0 Å². The van der Waals surface area contributed by atoms with Crippen LogP contribution in [0.5, 0.6) is 0 Å². The van der Waals surface area contributed by atoms with Gasteiger partial charge in [0.2, 0.25) is 0 Å². The Kier molecular flexibility index (Phi) is 1.33. The van der Waals surface area contributed by atoms with E-state index >= 15 is 0 Å². The van der Waals surface area contributed by atoms with Crippen LogP contribution in [0, 0.1) is 23.7 Å². The quantitative estimate of drug-likeness (QED) is 0.423. The zero-order valence-electron chi connectivity index (χ0n) is 8.19. The van der Waals surface area contributed by atoms with E-state index in [0.717, 1.165) is 5.57 Å². The molecule has 3 heteroatoms. The number of carbonyl (C=O) groups excluding carboxylic acids is 2. The van der Waals surface area contributed by atoms with E-state index in [1.54, 1.807) is 0 Å². The average molecular weight is 192 g/mol. The molecule has 0 unspecified atom stereocenters. The standard InChI is InChI=1S/C11H12O3/c1-4-3-6-8-7(5(4)2)11(13)14-10(8)9(6)12/h3,5-8,10H,1-2H3/t5-,6-,7+,8-,10+/m1/s1. The lowest BCUT2D eigenvalue weighted by Crippen LogP contribution is -2.53. The molecule has 5 atom stereocenters. The van der Waals surface area contributed by atoms with E-state index in [9.17, 15) is 9.59 Å². The van der Waals surface area contributed by atoms with Crippen LogP contribution < -0.4 is 0 Å². The minimum absolute atomic E-state index is 0.0346. The Morgan fingerprint density at radius 3 is 2.79 bits per heavy atom. The third-order valence-corrected chi connectivity index (χ3v) is 4.00. The Bertz CT molecular complexity index is 369. The smallest absolute Gasteiger partial charge is 0.310 e. The molecule has 0 aromatic rings. The molecule has 1 saturated carbocycles. The molecule has 3 nitrogen and oxygen atoms in total.